The Morgan fingerprint density at radius 1 is 0.895 bits per heavy atom. The van der Waals surface area contributed by atoms with Crippen LogP contribution in [0, 0.1) is 34.6 Å². The molecule has 0 radical (unpaired) electrons. The molecule has 1 amide bonds. The molecule has 4 rings (SSSR count). The molecular weight excluding hydrogens is 496 g/mol. The number of amides is 1. The lowest BCUT2D eigenvalue weighted by Gasteiger charge is -2.25. The van der Waals surface area contributed by atoms with Crippen LogP contribution in [0.1, 0.15) is 33.6 Å². The third-order valence-corrected chi connectivity index (χ3v) is 8.21. The highest BCUT2D eigenvalue weighted by Gasteiger charge is 2.28. The van der Waals surface area contributed by atoms with E-state index < -0.39 is 22.5 Å². The van der Waals surface area contributed by atoms with E-state index in [0.29, 0.717) is 5.69 Å². The predicted molar refractivity (Wildman–Crippen MR) is 153 cm³/mol. The predicted octanol–water partition coefficient (Wildman–Crippen LogP) is 5.37. The van der Waals surface area contributed by atoms with E-state index >= 15 is 0 Å². The molecule has 0 aliphatic heterocycles. The standard InChI is InChI=1S/C30H32N4O3S/c1-21-10-14-27(15-11-21)34-24(4)18-26(25(34)5)19-31-32-30(35)20-33(29-9-7-6-8-23(29)3)38(36,37)28-16-12-22(2)13-17-28/h6-19H,20H2,1-5H3,(H,32,35)/b31-19-. The van der Waals surface area contributed by atoms with Crippen LogP contribution in [-0.4, -0.2) is 31.7 Å². The zero-order valence-electron chi connectivity index (χ0n) is 22.3. The Kier molecular flexibility index (Phi) is 7.83. The third kappa shape index (κ3) is 5.70. The topological polar surface area (TPSA) is 83.8 Å². The number of hydrogen-bond donors (Lipinski definition) is 1. The van der Waals surface area contributed by atoms with Gasteiger partial charge in [0.05, 0.1) is 16.8 Å². The van der Waals surface area contributed by atoms with Gasteiger partial charge in [-0.1, -0.05) is 53.6 Å². The van der Waals surface area contributed by atoms with Crippen molar-refractivity contribution in [3.8, 4) is 5.69 Å². The van der Waals surface area contributed by atoms with E-state index in [-0.39, 0.29) is 4.90 Å². The quantitative estimate of drug-likeness (QED) is 0.247. The number of rotatable bonds is 8. The van der Waals surface area contributed by atoms with Crippen LogP contribution in [0.15, 0.2) is 88.9 Å². The van der Waals surface area contributed by atoms with Crippen LogP contribution in [0.3, 0.4) is 0 Å². The number of benzene rings is 3. The summed E-state index contributed by atoms with van der Waals surface area (Å²) in [6.07, 6.45) is 1.58. The van der Waals surface area contributed by atoms with Crippen molar-refractivity contribution in [2.75, 3.05) is 10.8 Å². The summed E-state index contributed by atoms with van der Waals surface area (Å²) in [5.41, 5.74) is 9.72. The van der Waals surface area contributed by atoms with Gasteiger partial charge in [0.2, 0.25) is 0 Å². The minimum atomic E-state index is -3.99. The second-order valence-corrected chi connectivity index (χ2v) is 11.3. The monoisotopic (exact) mass is 528 g/mol. The number of aromatic nitrogens is 1. The zero-order valence-corrected chi connectivity index (χ0v) is 23.1. The number of hydrogen-bond acceptors (Lipinski definition) is 4. The van der Waals surface area contributed by atoms with Gasteiger partial charge in [0.1, 0.15) is 6.54 Å². The van der Waals surface area contributed by atoms with Crippen molar-refractivity contribution in [3.63, 3.8) is 0 Å². The molecule has 8 heteroatoms. The molecule has 1 heterocycles. The highest BCUT2D eigenvalue weighted by molar-refractivity contribution is 7.92. The largest absolute Gasteiger partial charge is 0.318 e. The van der Waals surface area contributed by atoms with E-state index in [2.05, 4.69) is 39.4 Å². The third-order valence-electron chi connectivity index (χ3n) is 6.44. The SMILES string of the molecule is Cc1ccc(-n2c(C)cc(/C=N\NC(=O)CN(c3ccccc3C)S(=O)(=O)c3ccc(C)cc3)c2C)cc1. The minimum absolute atomic E-state index is 0.117. The molecule has 3 aromatic carbocycles. The zero-order chi connectivity index (χ0) is 27.4. The molecule has 0 aliphatic rings. The van der Waals surface area contributed by atoms with E-state index in [0.717, 1.165) is 38.1 Å². The number of carbonyl (C=O) groups is 1. The van der Waals surface area contributed by atoms with Gasteiger partial charge < -0.3 is 4.57 Å². The number of anilines is 1. The van der Waals surface area contributed by atoms with Crippen molar-refractivity contribution < 1.29 is 13.2 Å². The molecule has 0 aliphatic carbocycles. The fraction of sp³-hybridized carbons (Fsp3) is 0.200. The molecule has 0 spiro atoms. The molecule has 1 aromatic heterocycles. The molecule has 4 aromatic rings. The molecular formula is C30H32N4O3S. The van der Waals surface area contributed by atoms with Crippen molar-refractivity contribution in [1.82, 2.24) is 9.99 Å². The first-order chi connectivity index (χ1) is 18.1. The maximum atomic E-state index is 13.6. The van der Waals surface area contributed by atoms with Crippen LogP contribution < -0.4 is 9.73 Å². The second kappa shape index (κ2) is 11.1. The second-order valence-electron chi connectivity index (χ2n) is 9.40. The Morgan fingerprint density at radius 3 is 2.13 bits per heavy atom. The van der Waals surface area contributed by atoms with Gasteiger partial charge in [-0.3, -0.25) is 9.10 Å². The van der Waals surface area contributed by atoms with Crippen molar-refractivity contribution in [2.45, 2.75) is 39.5 Å². The lowest BCUT2D eigenvalue weighted by Crippen LogP contribution is -2.40. The van der Waals surface area contributed by atoms with Crippen molar-refractivity contribution in [2.24, 2.45) is 5.10 Å². The minimum Gasteiger partial charge on any atom is -0.318 e. The van der Waals surface area contributed by atoms with Gasteiger partial charge in [0, 0.05) is 22.6 Å². The van der Waals surface area contributed by atoms with E-state index in [1.165, 1.54) is 5.56 Å². The maximum absolute atomic E-state index is 13.6. The van der Waals surface area contributed by atoms with Crippen LogP contribution in [0.25, 0.3) is 5.69 Å². The fourth-order valence-corrected chi connectivity index (χ4v) is 5.81. The summed E-state index contributed by atoms with van der Waals surface area (Å²) in [6.45, 7) is 9.34. The molecule has 0 saturated carbocycles. The molecule has 0 atom stereocenters. The van der Waals surface area contributed by atoms with Gasteiger partial charge in [0.25, 0.3) is 15.9 Å². The first-order valence-electron chi connectivity index (χ1n) is 12.3. The molecule has 196 valence electrons. The number of nitrogens with one attached hydrogen (secondary N) is 1. The van der Waals surface area contributed by atoms with Gasteiger partial charge in [-0.2, -0.15) is 5.10 Å². The first-order valence-corrected chi connectivity index (χ1v) is 13.7. The number of aryl methyl sites for hydroxylation is 4. The van der Waals surface area contributed by atoms with Gasteiger partial charge in [-0.15, -0.1) is 0 Å². The van der Waals surface area contributed by atoms with Crippen molar-refractivity contribution >= 4 is 27.8 Å². The summed E-state index contributed by atoms with van der Waals surface area (Å²) in [6, 6.07) is 23.9. The molecule has 0 bridgehead atoms. The summed E-state index contributed by atoms with van der Waals surface area (Å²) in [4.78, 5) is 13.1. The van der Waals surface area contributed by atoms with E-state index in [9.17, 15) is 13.2 Å². The number of nitrogens with zero attached hydrogens (tertiary/aromatic N) is 3. The Morgan fingerprint density at radius 2 is 1.50 bits per heavy atom. The van der Waals surface area contributed by atoms with Crippen LogP contribution in [0.4, 0.5) is 5.69 Å². The lowest BCUT2D eigenvalue weighted by atomic mass is 10.2. The van der Waals surface area contributed by atoms with E-state index in [1.807, 2.05) is 52.8 Å². The van der Waals surface area contributed by atoms with Gasteiger partial charge in [0.15, 0.2) is 0 Å². The lowest BCUT2D eigenvalue weighted by molar-refractivity contribution is -0.119. The van der Waals surface area contributed by atoms with Crippen molar-refractivity contribution in [1.29, 1.82) is 0 Å². The fourth-order valence-electron chi connectivity index (χ4n) is 4.33. The first kappa shape index (κ1) is 26.9. The smallest absolute Gasteiger partial charge is 0.264 e. The molecule has 7 nitrogen and oxygen atoms in total. The molecule has 38 heavy (non-hydrogen) atoms. The number of carbonyl (C=O) groups excluding carboxylic acids is 1. The summed E-state index contributed by atoms with van der Waals surface area (Å²) < 4.78 is 30.4. The Hall–Kier alpha value is -4.17. The molecule has 1 N–H and O–H groups in total. The van der Waals surface area contributed by atoms with Crippen LogP contribution >= 0.6 is 0 Å². The van der Waals surface area contributed by atoms with Gasteiger partial charge in [-0.25, -0.2) is 13.8 Å². The van der Waals surface area contributed by atoms with Crippen LogP contribution in [0.5, 0.6) is 0 Å². The van der Waals surface area contributed by atoms with Crippen molar-refractivity contribution in [3.05, 3.63) is 113 Å². The molecule has 0 unspecified atom stereocenters. The van der Waals surface area contributed by atoms with Crippen LogP contribution in [-0.2, 0) is 14.8 Å². The maximum Gasteiger partial charge on any atom is 0.264 e. The highest BCUT2D eigenvalue weighted by atomic mass is 32.2. The van der Waals surface area contributed by atoms with Crippen LogP contribution in [0.2, 0.25) is 0 Å². The Balaban J connectivity index is 1.56. The van der Waals surface area contributed by atoms with E-state index in [4.69, 9.17) is 0 Å². The number of sulfonamides is 1. The summed E-state index contributed by atoms with van der Waals surface area (Å²) >= 11 is 0. The Labute approximate surface area is 224 Å². The average molecular weight is 529 g/mol. The summed E-state index contributed by atoms with van der Waals surface area (Å²) in [5, 5.41) is 4.14. The summed E-state index contributed by atoms with van der Waals surface area (Å²) in [7, 11) is -3.99. The average Bonchev–Trinajstić information content (AvgIpc) is 3.16. The highest BCUT2D eigenvalue weighted by Crippen LogP contribution is 2.27. The number of hydrazone groups is 1. The van der Waals surface area contributed by atoms with Gasteiger partial charge >= 0.3 is 0 Å². The molecule has 0 fully saturated rings. The summed E-state index contributed by atoms with van der Waals surface area (Å²) in [5.74, 6) is -0.549. The molecule has 0 saturated heterocycles. The van der Waals surface area contributed by atoms with E-state index in [1.54, 1.807) is 42.6 Å². The van der Waals surface area contributed by atoms with Gasteiger partial charge in [-0.05, 0) is 76.6 Å². The number of para-hydroxylation sites is 1. The normalized spacial score (nSPS) is 11.6. The Bertz CT molecular complexity index is 1590.